The van der Waals surface area contributed by atoms with Gasteiger partial charge in [0.05, 0.1) is 0 Å². The van der Waals surface area contributed by atoms with Gasteiger partial charge in [-0.2, -0.15) is 0 Å². The van der Waals surface area contributed by atoms with Gasteiger partial charge in [0.1, 0.15) is 5.15 Å². The number of hydrogen-bond acceptors (Lipinski definition) is 3. The molecule has 1 unspecified atom stereocenters. The second kappa shape index (κ2) is 9.92. The summed E-state index contributed by atoms with van der Waals surface area (Å²) in [7, 11) is 1.74. The minimum atomic E-state index is 0. The highest BCUT2D eigenvalue weighted by Gasteiger charge is 2.25. The number of guanidine groups is 1. The minimum Gasteiger partial charge on any atom is -0.352 e. The smallest absolute Gasteiger partial charge is 0.222 e. The number of aliphatic imine (C=N–C) groups is 1. The zero-order valence-electron chi connectivity index (χ0n) is 13.4. The van der Waals surface area contributed by atoms with Gasteiger partial charge in [0.15, 0.2) is 5.96 Å². The number of pyridine rings is 1. The van der Waals surface area contributed by atoms with E-state index in [1.165, 1.54) is 0 Å². The second-order valence-corrected chi connectivity index (χ2v) is 5.63. The molecular formula is C15H23ClIN5O. The molecule has 1 aromatic heterocycles. The molecule has 2 heterocycles. The highest BCUT2D eigenvalue weighted by molar-refractivity contribution is 14.0. The number of carbonyl (C=O) groups excluding carboxylic acids is 1. The number of hydrogen-bond donors (Lipinski definition) is 2. The van der Waals surface area contributed by atoms with E-state index < -0.39 is 0 Å². The van der Waals surface area contributed by atoms with Crippen LogP contribution in [0.1, 0.15) is 25.3 Å². The Kier molecular flexibility index (Phi) is 8.60. The van der Waals surface area contributed by atoms with Gasteiger partial charge >= 0.3 is 0 Å². The van der Waals surface area contributed by atoms with E-state index >= 15 is 0 Å². The van der Waals surface area contributed by atoms with Crippen molar-refractivity contribution >= 4 is 47.4 Å². The number of carbonyl (C=O) groups is 1. The lowest BCUT2D eigenvalue weighted by Crippen LogP contribution is -2.44. The summed E-state index contributed by atoms with van der Waals surface area (Å²) >= 11 is 5.77. The van der Waals surface area contributed by atoms with E-state index in [1.54, 1.807) is 19.3 Å². The Morgan fingerprint density at radius 3 is 2.91 bits per heavy atom. The summed E-state index contributed by atoms with van der Waals surface area (Å²) in [5.41, 5.74) is 1.03. The van der Waals surface area contributed by atoms with Crippen LogP contribution in [0.3, 0.4) is 0 Å². The van der Waals surface area contributed by atoms with E-state index in [1.807, 2.05) is 17.9 Å². The number of likely N-dealkylation sites (tertiary alicyclic amines) is 1. The Morgan fingerprint density at radius 1 is 1.52 bits per heavy atom. The summed E-state index contributed by atoms with van der Waals surface area (Å²) in [5.74, 6) is 0.935. The number of aromatic nitrogens is 1. The molecule has 1 amide bonds. The highest BCUT2D eigenvalue weighted by atomic mass is 127. The third-order valence-electron chi connectivity index (χ3n) is 3.66. The monoisotopic (exact) mass is 451 g/mol. The Labute approximate surface area is 159 Å². The predicted octanol–water partition coefficient (Wildman–Crippen LogP) is 2.03. The zero-order chi connectivity index (χ0) is 15.9. The summed E-state index contributed by atoms with van der Waals surface area (Å²) in [6.45, 7) is 4.05. The molecule has 1 aromatic rings. The van der Waals surface area contributed by atoms with Crippen LogP contribution in [0.5, 0.6) is 0 Å². The molecule has 0 aromatic carbocycles. The Bertz CT molecular complexity index is 537. The molecule has 0 spiro atoms. The van der Waals surface area contributed by atoms with Crippen molar-refractivity contribution in [1.82, 2.24) is 20.5 Å². The lowest BCUT2D eigenvalue weighted by Gasteiger charge is -2.18. The lowest BCUT2D eigenvalue weighted by atomic mass is 10.2. The van der Waals surface area contributed by atoms with Gasteiger partial charge in [-0.05, 0) is 18.1 Å². The maximum Gasteiger partial charge on any atom is 0.222 e. The SMILES string of the molecule is CCC(=O)N1CCC(NC(=NC)NCc2ccc(Cl)nc2)C1.I. The molecule has 8 heteroatoms. The largest absolute Gasteiger partial charge is 0.352 e. The average molecular weight is 452 g/mol. The number of rotatable bonds is 4. The van der Waals surface area contributed by atoms with E-state index in [4.69, 9.17) is 11.6 Å². The van der Waals surface area contributed by atoms with Crippen LogP contribution in [-0.2, 0) is 11.3 Å². The van der Waals surface area contributed by atoms with Crippen LogP contribution < -0.4 is 10.6 Å². The van der Waals surface area contributed by atoms with E-state index in [9.17, 15) is 4.79 Å². The van der Waals surface area contributed by atoms with E-state index in [0.717, 1.165) is 31.0 Å². The third kappa shape index (κ3) is 6.14. The molecule has 0 saturated carbocycles. The molecular weight excluding hydrogens is 429 g/mol. The summed E-state index contributed by atoms with van der Waals surface area (Å²) in [6, 6.07) is 3.93. The molecule has 1 aliphatic heterocycles. The second-order valence-electron chi connectivity index (χ2n) is 5.24. The van der Waals surface area contributed by atoms with E-state index in [2.05, 4.69) is 20.6 Å². The molecule has 0 radical (unpaired) electrons. The topological polar surface area (TPSA) is 69.6 Å². The normalized spacial score (nSPS) is 17.6. The Hall–Kier alpha value is -1.09. The van der Waals surface area contributed by atoms with Gasteiger partial charge in [-0.25, -0.2) is 4.98 Å². The van der Waals surface area contributed by atoms with Crippen LogP contribution in [0.25, 0.3) is 0 Å². The first kappa shape index (κ1) is 20.0. The maximum absolute atomic E-state index is 11.7. The average Bonchev–Trinajstić information content (AvgIpc) is 3.00. The summed E-state index contributed by atoms with van der Waals surface area (Å²) in [4.78, 5) is 21.8. The molecule has 0 bridgehead atoms. The van der Waals surface area contributed by atoms with Gasteiger partial charge in [-0.15, -0.1) is 24.0 Å². The van der Waals surface area contributed by atoms with Crippen LogP contribution in [0, 0.1) is 0 Å². The van der Waals surface area contributed by atoms with Crippen LogP contribution >= 0.6 is 35.6 Å². The molecule has 1 saturated heterocycles. The van der Waals surface area contributed by atoms with Crippen LogP contribution in [-0.4, -0.2) is 47.9 Å². The number of nitrogens with one attached hydrogen (secondary N) is 2. The molecule has 2 rings (SSSR count). The molecule has 1 fully saturated rings. The van der Waals surface area contributed by atoms with Crippen LogP contribution in [0.4, 0.5) is 0 Å². The minimum absolute atomic E-state index is 0. The quantitative estimate of drug-likeness (QED) is 0.318. The summed E-state index contributed by atoms with van der Waals surface area (Å²) in [6.07, 6.45) is 3.23. The fourth-order valence-corrected chi connectivity index (χ4v) is 2.52. The summed E-state index contributed by atoms with van der Waals surface area (Å²) in [5, 5.41) is 7.08. The Morgan fingerprint density at radius 2 is 2.30 bits per heavy atom. The number of halogens is 2. The van der Waals surface area contributed by atoms with Gasteiger partial charge in [-0.1, -0.05) is 24.6 Å². The van der Waals surface area contributed by atoms with E-state index in [-0.39, 0.29) is 35.9 Å². The van der Waals surface area contributed by atoms with Crippen LogP contribution in [0.2, 0.25) is 5.15 Å². The van der Waals surface area contributed by atoms with Crippen molar-refractivity contribution in [3.8, 4) is 0 Å². The standard InChI is InChI=1S/C15H22ClN5O.HI/c1-3-14(22)21-7-6-12(10-21)20-15(17-2)19-9-11-4-5-13(16)18-8-11;/h4-5,8,12H,3,6-7,9-10H2,1-2H3,(H2,17,19,20);1H. The maximum atomic E-state index is 11.7. The number of nitrogens with zero attached hydrogens (tertiary/aromatic N) is 3. The molecule has 1 atom stereocenters. The molecule has 1 aliphatic rings. The van der Waals surface area contributed by atoms with Crippen molar-refractivity contribution < 1.29 is 4.79 Å². The fourth-order valence-electron chi connectivity index (χ4n) is 2.41. The van der Waals surface area contributed by atoms with Crippen molar-refractivity contribution in [2.75, 3.05) is 20.1 Å². The van der Waals surface area contributed by atoms with Crippen molar-refractivity contribution in [3.05, 3.63) is 29.0 Å². The van der Waals surface area contributed by atoms with Crippen molar-refractivity contribution in [2.24, 2.45) is 4.99 Å². The van der Waals surface area contributed by atoms with Crippen molar-refractivity contribution in [1.29, 1.82) is 0 Å². The van der Waals surface area contributed by atoms with Gasteiger partial charge < -0.3 is 15.5 Å². The molecule has 6 nitrogen and oxygen atoms in total. The molecule has 23 heavy (non-hydrogen) atoms. The molecule has 2 N–H and O–H groups in total. The van der Waals surface area contributed by atoms with Crippen molar-refractivity contribution in [3.63, 3.8) is 0 Å². The van der Waals surface area contributed by atoms with Gasteiger partial charge in [-0.3, -0.25) is 9.79 Å². The summed E-state index contributed by atoms with van der Waals surface area (Å²) < 4.78 is 0. The van der Waals surface area contributed by atoms with E-state index in [0.29, 0.717) is 18.1 Å². The van der Waals surface area contributed by atoms with Gasteiger partial charge in [0.2, 0.25) is 5.91 Å². The fraction of sp³-hybridized carbons (Fsp3) is 0.533. The Balaban J connectivity index is 0.00000264. The van der Waals surface area contributed by atoms with Crippen molar-refractivity contribution in [2.45, 2.75) is 32.4 Å². The molecule has 0 aliphatic carbocycles. The molecule has 128 valence electrons. The van der Waals surface area contributed by atoms with Gasteiger partial charge in [0, 0.05) is 45.3 Å². The zero-order valence-corrected chi connectivity index (χ0v) is 16.5. The van der Waals surface area contributed by atoms with Gasteiger partial charge in [0.25, 0.3) is 0 Å². The third-order valence-corrected chi connectivity index (χ3v) is 3.88. The van der Waals surface area contributed by atoms with Crippen LogP contribution in [0.15, 0.2) is 23.3 Å². The predicted molar refractivity (Wildman–Crippen MR) is 103 cm³/mol. The first-order valence-electron chi connectivity index (χ1n) is 7.47. The highest BCUT2D eigenvalue weighted by Crippen LogP contribution is 2.10. The number of amides is 1. The first-order valence-corrected chi connectivity index (χ1v) is 7.85. The lowest BCUT2D eigenvalue weighted by molar-refractivity contribution is -0.129. The first-order chi connectivity index (χ1) is 10.6.